The highest BCUT2D eigenvalue weighted by atomic mass is 19.4. The van der Waals surface area contributed by atoms with E-state index in [0.29, 0.717) is 6.08 Å². The van der Waals surface area contributed by atoms with Crippen LogP contribution in [0.3, 0.4) is 0 Å². The molecule has 0 aromatic heterocycles. The van der Waals surface area contributed by atoms with Crippen molar-refractivity contribution in [3.05, 3.63) is 12.7 Å². The molecule has 18 heavy (non-hydrogen) atoms. The fourth-order valence-corrected chi connectivity index (χ4v) is 1.40. The highest BCUT2D eigenvalue weighted by molar-refractivity contribution is 5.81. The summed E-state index contributed by atoms with van der Waals surface area (Å²) < 4.78 is 72.1. The van der Waals surface area contributed by atoms with Crippen molar-refractivity contribution in [1.82, 2.24) is 0 Å². The van der Waals surface area contributed by atoms with E-state index in [1.807, 2.05) is 0 Å². The lowest BCUT2D eigenvalue weighted by Crippen LogP contribution is -2.68. The number of aliphatic hydroxyl groups is 1. The Morgan fingerprint density at radius 1 is 1.50 bits per heavy atom. The maximum absolute atomic E-state index is 13.5. The summed E-state index contributed by atoms with van der Waals surface area (Å²) >= 11 is 0. The second-order valence-corrected chi connectivity index (χ2v) is 3.53. The van der Waals surface area contributed by atoms with Gasteiger partial charge in [0.25, 0.3) is 0 Å². The summed E-state index contributed by atoms with van der Waals surface area (Å²) in [5.74, 6) is -10.8. The first-order valence-electron chi connectivity index (χ1n) is 4.70. The molecule has 0 aromatic carbocycles. The highest BCUT2D eigenvalue weighted by Gasteiger charge is 2.76. The number of esters is 1. The topological polar surface area (TPSA) is 55.8 Å². The number of alkyl halides is 5. The molecule has 1 saturated heterocycles. The Hall–Kier alpha value is -1.22. The summed E-state index contributed by atoms with van der Waals surface area (Å²) in [6.07, 6.45) is -8.32. The molecule has 2 atom stereocenters. The molecular formula is C9H9F5O4. The van der Waals surface area contributed by atoms with Crippen molar-refractivity contribution in [2.75, 3.05) is 6.61 Å². The van der Waals surface area contributed by atoms with E-state index >= 15 is 0 Å². The summed E-state index contributed by atoms with van der Waals surface area (Å²) in [4.78, 5) is 10.8. The number of carbonyl (C=O) groups excluding carboxylic acids is 1. The molecule has 0 amide bonds. The van der Waals surface area contributed by atoms with Gasteiger partial charge >= 0.3 is 23.9 Å². The number of hydrogen-bond acceptors (Lipinski definition) is 4. The van der Waals surface area contributed by atoms with Gasteiger partial charge in [0.2, 0.25) is 0 Å². The highest BCUT2D eigenvalue weighted by Crippen LogP contribution is 2.48. The number of hydrogen-bond donors (Lipinski definition) is 1. The Morgan fingerprint density at radius 3 is 2.50 bits per heavy atom. The van der Waals surface area contributed by atoms with Crippen LogP contribution in [-0.2, 0) is 14.3 Å². The van der Waals surface area contributed by atoms with Crippen LogP contribution < -0.4 is 0 Å². The third kappa shape index (κ3) is 2.19. The number of halogens is 5. The van der Waals surface area contributed by atoms with E-state index in [0.717, 1.165) is 0 Å². The van der Waals surface area contributed by atoms with E-state index in [9.17, 15) is 26.7 Å². The minimum Gasteiger partial charge on any atom is -0.452 e. The maximum Gasteiger partial charge on any atom is 0.449 e. The molecule has 0 radical (unpaired) electrons. The van der Waals surface area contributed by atoms with Gasteiger partial charge in [0.15, 0.2) is 6.10 Å². The summed E-state index contributed by atoms with van der Waals surface area (Å²) in [5.41, 5.74) is 0. The Labute approximate surface area is 98.0 Å². The smallest absolute Gasteiger partial charge is 0.449 e. The molecule has 0 aromatic rings. The molecule has 4 nitrogen and oxygen atoms in total. The number of ether oxygens (including phenoxy) is 2. The molecule has 9 heteroatoms. The molecule has 0 aliphatic carbocycles. The lowest BCUT2D eigenvalue weighted by Gasteiger charge is -2.43. The van der Waals surface area contributed by atoms with Crippen molar-refractivity contribution in [2.24, 2.45) is 0 Å². The van der Waals surface area contributed by atoms with Crippen molar-refractivity contribution >= 4 is 5.97 Å². The Bertz CT molecular complexity index is 353. The lowest BCUT2D eigenvalue weighted by molar-refractivity contribution is -0.455. The minimum absolute atomic E-state index is 0.526. The zero-order valence-corrected chi connectivity index (χ0v) is 8.84. The van der Waals surface area contributed by atoms with Gasteiger partial charge in [0.05, 0.1) is 6.61 Å². The van der Waals surface area contributed by atoms with Gasteiger partial charge in [-0.15, -0.1) is 0 Å². The zero-order chi connectivity index (χ0) is 14.2. The standard InChI is InChI=1S/C9H9F5O4/c1-2-6(15)18-5-3-4-17-8(16,7(5,10)11)9(12,13)14/h2,5,16H,1,3-4H2. The normalized spacial score (nSPS) is 31.8. The predicted octanol–water partition coefficient (Wildman–Crippen LogP) is 1.39. The summed E-state index contributed by atoms with van der Waals surface area (Å²) in [7, 11) is 0. The van der Waals surface area contributed by atoms with Gasteiger partial charge in [0.1, 0.15) is 0 Å². The van der Waals surface area contributed by atoms with Gasteiger partial charge in [-0.1, -0.05) is 6.58 Å². The van der Waals surface area contributed by atoms with Gasteiger partial charge < -0.3 is 14.6 Å². The molecule has 1 aliphatic rings. The first-order valence-corrected chi connectivity index (χ1v) is 4.70. The average Bonchev–Trinajstić information content (AvgIpc) is 2.23. The first kappa shape index (κ1) is 14.8. The molecule has 1 fully saturated rings. The zero-order valence-electron chi connectivity index (χ0n) is 8.84. The maximum atomic E-state index is 13.5. The van der Waals surface area contributed by atoms with E-state index in [1.165, 1.54) is 0 Å². The average molecular weight is 276 g/mol. The largest absolute Gasteiger partial charge is 0.452 e. The van der Waals surface area contributed by atoms with Crippen LogP contribution in [0.25, 0.3) is 0 Å². The van der Waals surface area contributed by atoms with Crippen molar-refractivity contribution in [3.63, 3.8) is 0 Å². The van der Waals surface area contributed by atoms with Crippen molar-refractivity contribution < 1.29 is 41.3 Å². The van der Waals surface area contributed by atoms with Crippen molar-refractivity contribution in [3.8, 4) is 0 Å². The van der Waals surface area contributed by atoms with Crippen LogP contribution >= 0.6 is 0 Å². The molecule has 1 rings (SSSR count). The predicted molar refractivity (Wildman–Crippen MR) is 46.6 cm³/mol. The molecule has 2 unspecified atom stereocenters. The fourth-order valence-electron chi connectivity index (χ4n) is 1.40. The number of carbonyl (C=O) groups is 1. The van der Waals surface area contributed by atoms with Crippen LogP contribution in [0.15, 0.2) is 12.7 Å². The number of rotatable bonds is 2. The van der Waals surface area contributed by atoms with E-state index < -0.39 is 43.0 Å². The second kappa shape index (κ2) is 4.47. The van der Waals surface area contributed by atoms with Gasteiger partial charge in [-0.3, -0.25) is 0 Å². The van der Waals surface area contributed by atoms with Crippen LogP contribution in [0.4, 0.5) is 22.0 Å². The van der Waals surface area contributed by atoms with E-state index in [2.05, 4.69) is 16.1 Å². The van der Waals surface area contributed by atoms with Gasteiger partial charge in [-0.05, 0) is 0 Å². The third-order valence-corrected chi connectivity index (χ3v) is 2.36. The van der Waals surface area contributed by atoms with Crippen molar-refractivity contribution in [1.29, 1.82) is 0 Å². The molecule has 0 spiro atoms. The summed E-state index contributed by atoms with van der Waals surface area (Å²) in [6.45, 7) is 2.09. The summed E-state index contributed by atoms with van der Waals surface area (Å²) in [5, 5.41) is 8.98. The van der Waals surface area contributed by atoms with Crippen LogP contribution in [0.1, 0.15) is 6.42 Å². The van der Waals surface area contributed by atoms with Crippen LogP contribution in [0.2, 0.25) is 0 Å². The van der Waals surface area contributed by atoms with Gasteiger partial charge in [-0.2, -0.15) is 22.0 Å². The van der Waals surface area contributed by atoms with Crippen molar-refractivity contribution in [2.45, 2.75) is 30.4 Å². The van der Waals surface area contributed by atoms with Crippen LogP contribution in [0, 0.1) is 0 Å². The SMILES string of the molecule is C=CC(=O)OC1CCOC(O)(C(F)(F)F)C1(F)F. The molecular weight excluding hydrogens is 267 g/mol. The van der Waals surface area contributed by atoms with Crippen LogP contribution in [0.5, 0.6) is 0 Å². The van der Waals surface area contributed by atoms with Crippen LogP contribution in [-0.4, -0.2) is 41.7 Å². The van der Waals surface area contributed by atoms with Gasteiger partial charge in [0, 0.05) is 12.5 Å². The van der Waals surface area contributed by atoms with E-state index in [-0.39, 0.29) is 0 Å². The quantitative estimate of drug-likeness (QED) is 0.470. The van der Waals surface area contributed by atoms with E-state index in [4.69, 9.17) is 5.11 Å². The Balaban J connectivity index is 3.05. The molecule has 1 heterocycles. The fraction of sp³-hybridized carbons (Fsp3) is 0.667. The monoisotopic (exact) mass is 276 g/mol. The first-order chi connectivity index (χ1) is 8.06. The Kier molecular flexibility index (Phi) is 3.68. The minimum atomic E-state index is -5.73. The Morgan fingerprint density at radius 2 is 2.06 bits per heavy atom. The molecule has 0 saturated carbocycles. The van der Waals surface area contributed by atoms with Gasteiger partial charge in [-0.25, -0.2) is 4.79 Å². The molecule has 1 N–H and O–H groups in total. The third-order valence-electron chi connectivity index (χ3n) is 2.36. The van der Waals surface area contributed by atoms with E-state index in [1.54, 1.807) is 0 Å². The summed E-state index contributed by atoms with van der Waals surface area (Å²) in [6, 6.07) is 0. The second-order valence-electron chi connectivity index (χ2n) is 3.53. The lowest BCUT2D eigenvalue weighted by atomic mass is 9.97. The molecule has 0 bridgehead atoms. The molecule has 104 valence electrons. The molecule has 1 aliphatic heterocycles.